The maximum Gasteiger partial charge on any atom is 0.0465 e. The van der Waals surface area contributed by atoms with E-state index in [0.717, 1.165) is 6.54 Å². The van der Waals surface area contributed by atoms with Gasteiger partial charge < -0.3 is 5.32 Å². The predicted molar refractivity (Wildman–Crippen MR) is 59.6 cm³/mol. The molecule has 0 saturated heterocycles. The van der Waals surface area contributed by atoms with Gasteiger partial charge in [0.2, 0.25) is 0 Å². The van der Waals surface area contributed by atoms with E-state index in [2.05, 4.69) is 45.4 Å². The number of halogens is 1. The van der Waals surface area contributed by atoms with Crippen molar-refractivity contribution >= 4 is 33.9 Å². The fourth-order valence-corrected chi connectivity index (χ4v) is 2.58. The largest absolute Gasteiger partial charge is 0.320 e. The Morgan fingerprint density at radius 2 is 2.55 bits per heavy atom. The van der Waals surface area contributed by atoms with Crippen molar-refractivity contribution in [3.05, 3.63) is 22.4 Å². The van der Waals surface area contributed by atoms with Gasteiger partial charge >= 0.3 is 0 Å². The summed E-state index contributed by atoms with van der Waals surface area (Å²) in [6.45, 7) is 1.10. The van der Waals surface area contributed by atoms with Gasteiger partial charge in [-0.1, -0.05) is 28.7 Å². The van der Waals surface area contributed by atoms with Crippen LogP contribution in [0.1, 0.15) is 15.2 Å². The minimum absolute atomic E-state index is 0.681. The van der Waals surface area contributed by atoms with E-state index in [1.54, 1.807) is 0 Å². The molecule has 11 heavy (non-hydrogen) atoms. The van der Waals surface area contributed by atoms with Crippen molar-refractivity contribution in [3.63, 3.8) is 0 Å². The van der Waals surface area contributed by atoms with Gasteiger partial charge in [0.05, 0.1) is 0 Å². The Morgan fingerprint density at radius 1 is 1.73 bits per heavy atom. The summed E-state index contributed by atoms with van der Waals surface area (Å²) in [5.74, 6) is 0. The summed E-state index contributed by atoms with van der Waals surface area (Å²) in [6.07, 6.45) is 1.22. The average Bonchev–Trinajstić information content (AvgIpc) is 2.52. The minimum atomic E-state index is 0.681. The second kappa shape index (κ2) is 5.11. The van der Waals surface area contributed by atoms with Crippen LogP contribution in [0, 0.1) is 0 Å². The lowest BCUT2D eigenvalue weighted by atomic mass is 10.3. The fourth-order valence-electron chi connectivity index (χ4n) is 0.883. The van der Waals surface area contributed by atoms with Crippen molar-refractivity contribution in [2.75, 3.05) is 13.6 Å². The molecule has 0 aliphatic heterocycles. The Bertz CT molecular complexity index is 186. The van der Waals surface area contributed by atoms with Gasteiger partial charge in [-0.2, -0.15) is 0 Å². The van der Waals surface area contributed by atoms with Gasteiger partial charge in [-0.3, -0.25) is 0 Å². The summed E-state index contributed by atoms with van der Waals surface area (Å²) < 4.78 is 0.681. The lowest BCUT2D eigenvalue weighted by Crippen LogP contribution is -2.08. The van der Waals surface area contributed by atoms with E-state index in [1.165, 1.54) is 11.3 Å². The summed E-state index contributed by atoms with van der Waals surface area (Å²) >= 11 is 4.34. The van der Waals surface area contributed by atoms with E-state index < -0.39 is 0 Å². The molecular weight excluding hydrogens is 269 g/mol. The highest BCUT2D eigenvalue weighted by Gasteiger charge is 2.06. The maximum absolute atomic E-state index is 3.16. The molecule has 3 heteroatoms. The van der Waals surface area contributed by atoms with Crippen molar-refractivity contribution in [3.8, 4) is 0 Å². The van der Waals surface area contributed by atoms with Crippen LogP contribution < -0.4 is 5.32 Å². The molecule has 0 aromatic carbocycles. The van der Waals surface area contributed by atoms with Crippen LogP contribution in [0.4, 0.5) is 0 Å². The van der Waals surface area contributed by atoms with Crippen molar-refractivity contribution in [1.82, 2.24) is 5.32 Å². The molecular formula is C8H12INS. The van der Waals surface area contributed by atoms with Gasteiger partial charge in [0, 0.05) is 8.80 Å². The van der Waals surface area contributed by atoms with Crippen LogP contribution in [0.3, 0.4) is 0 Å². The Hall–Kier alpha value is 0.390. The van der Waals surface area contributed by atoms with Crippen molar-refractivity contribution in [2.45, 2.75) is 10.3 Å². The van der Waals surface area contributed by atoms with Crippen LogP contribution in [-0.4, -0.2) is 13.6 Å². The second-order valence-electron chi connectivity index (χ2n) is 2.38. The quantitative estimate of drug-likeness (QED) is 0.661. The molecule has 1 aromatic rings. The lowest BCUT2D eigenvalue weighted by Gasteiger charge is -2.05. The Morgan fingerprint density at radius 3 is 3.09 bits per heavy atom. The van der Waals surface area contributed by atoms with E-state index in [4.69, 9.17) is 0 Å². The zero-order valence-electron chi connectivity index (χ0n) is 6.51. The van der Waals surface area contributed by atoms with Gasteiger partial charge in [0.25, 0.3) is 0 Å². The standard InChI is InChI=1S/C8H12INS/c1-10-5-4-7(9)8-3-2-6-11-8/h2-3,6-7,10H,4-5H2,1H3. The molecule has 1 aromatic heterocycles. The van der Waals surface area contributed by atoms with Gasteiger partial charge in [-0.15, -0.1) is 11.3 Å². The first-order valence-electron chi connectivity index (χ1n) is 3.66. The van der Waals surface area contributed by atoms with Crippen LogP contribution in [0.5, 0.6) is 0 Å². The third-order valence-electron chi connectivity index (χ3n) is 1.50. The molecule has 62 valence electrons. The van der Waals surface area contributed by atoms with E-state index in [9.17, 15) is 0 Å². The van der Waals surface area contributed by atoms with E-state index in [-0.39, 0.29) is 0 Å². The molecule has 0 amide bonds. The van der Waals surface area contributed by atoms with Crippen LogP contribution in [0.2, 0.25) is 0 Å². The minimum Gasteiger partial charge on any atom is -0.320 e. The van der Waals surface area contributed by atoms with Gasteiger partial charge in [-0.05, 0) is 31.5 Å². The maximum atomic E-state index is 3.16. The smallest absolute Gasteiger partial charge is 0.0465 e. The average molecular weight is 281 g/mol. The fraction of sp³-hybridized carbons (Fsp3) is 0.500. The number of hydrogen-bond donors (Lipinski definition) is 1. The zero-order valence-corrected chi connectivity index (χ0v) is 9.48. The highest BCUT2D eigenvalue weighted by molar-refractivity contribution is 14.1. The second-order valence-corrected chi connectivity index (χ2v) is 4.86. The molecule has 1 N–H and O–H groups in total. The number of hydrogen-bond acceptors (Lipinski definition) is 2. The third kappa shape index (κ3) is 3.09. The van der Waals surface area contributed by atoms with Crippen LogP contribution in [-0.2, 0) is 0 Å². The number of alkyl halides is 1. The molecule has 0 saturated carbocycles. The van der Waals surface area contributed by atoms with E-state index in [0.29, 0.717) is 3.92 Å². The summed E-state index contributed by atoms with van der Waals surface area (Å²) in [5.41, 5.74) is 0. The summed E-state index contributed by atoms with van der Waals surface area (Å²) in [6, 6.07) is 4.32. The molecule has 1 rings (SSSR count). The number of nitrogens with one attached hydrogen (secondary N) is 1. The molecule has 1 nitrogen and oxygen atoms in total. The zero-order chi connectivity index (χ0) is 8.10. The Labute approximate surface area is 85.3 Å². The van der Waals surface area contributed by atoms with Crippen molar-refractivity contribution < 1.29 is 0 Å². The summed E-state index contributed by atoms with van der Waals surface area (Å²) in [4.78, 5) is 1.49. The monoisotopic (exact) mass is 281 g/mol. The normalized spacial score (nSPS) is 13.3. The number of rotatable bonds is 4. The summed E-state index contributed by atoms with van der Waals surface area (Å²) in [5, 5.41) is 5.30. The van der Waals surface area contributed by atoms with Gasteiger partial charge in [-0.25, -0.2) is 0 Å². The van der Waals surface area contributed by atoms with E-state index >= 15 is 0 Å². The van der Waals surface area contributed by atoms with Crippen molar-refractivity contribution in [2.24, 2.45) is 0 Å². The molecule has 0 aliphatic carbocycles. The molecule has 0 radical (unpaired) electrons. The van der Waals surface area contributed by atoms with Crippen LogP contribution in [0.15, 0.2) is 17.5 Å². The Kier molecular flexibility index (Phi) is 4.40. The first kappa shape index (κ1) is 9.48. The van der Waals surface area contributed by atoms with Crippen LogP contribution in [0.25, 0.3) is 0 Å². The topological polar surface area (TPSA) is 12.0 Å². The number of thiophene rings is 1. The van der Waals surface area contributed by atoms with Crippen LogP contribution >= 0.6 is 33.9 Å². The molecule has 1 unspecified atom stereocenters. The van der Waals surface area contributed by atoms with E-state index in [1.807, 2.05) is 18.4 Å². The van der Waals surface area contributed by atoms with Gasteiger partial charge in [0.15, 0.2) is 0 Å². The molecule has 0 fully saturated rings. The first-order valence-corrected chi connectivity index (χ1v) is 5.79. The Balaban J connectivity index is 2.36. The summed E-state index contributed by atoms with van der Waals surface area (Å²) in [7, 11) is 2.00. The first-order chi connectivity index (χ1) is 5.34. The molecule has 1 heterocycles. The molecule has 1 atom stereocenters. The van der Waals surface area contributed by atoms with Gasteiger partial charge in [0.1, 0.15) is 0 Å². The molecule has 0 aliphatic rings. The lowest BCUT2D eigenvalue weighted by molar-refractivity contribution is 0.732. The highest BCUT2D eigenvalue weighted by atomic mass is 127. The third-order valence-corrected chi connectivity index (χ3v) is 4.20. The molecule has 0 bridgehead atoms. The van der Waals surface area contributed by atoms with Crippen molar-refractivity contribution in [1.29, 1.82) is 0 Å². The highest BCUT2D eigenvalue weighted by Crippen LogP contribution is 2.29. The molecule has 0 spiro atoms. The SMILES string of the molecule is CNCCC(I)c1cccs1. The predicted octanol–water partition coefficient (Wildman–Crippen LogP) is 2.83.